The molecule has 0 atom stereocenters. The number of nitrogens with zero attached hydrogens (tertiary/aromatic N) is 4. The minimum absolute atomic E-state index is 0. The van der Waals surface area contributed by atoms with E-state index >= 15 is 0 Å². The lowest BCUT2D eigenvalue weighted by Gasteiger charge is -2.25. The summed E-state index contributed by atoms with van der Waals surface area (Å²) >= 11 is 0. The maximum absolute atomic E-state index is 6.13. The minimum atomic E-state index is -0.246. The summed E-state index contributed by atoms with van der Waals surface area (Å²) in [4.78, 5) is 4.89. The van der Waals surface area contributed by atoms with E-state index in [0.29, 0.717) is 19.1 Å². The van der Waals surface area contributed by atoms with Crippen LogP contribution in [0.2, 0.25) is 0 Å². The van der Waals surface area contributed by atoms with Crippen molar-refractivity contribution in [1.29, 1.82) is 0 Å². The van der Waals surface area contributed by atoms with Crippen molar-refractivity contribution in [3.05, 3.63) is 41.5 Å². The van der Waals surface area contributed by atoms with Gasteiger partial charge in [0.2, 0.25) is 0 Å². The predicted octanol–water partition coefficient (Wildman–Crippen LogP) is 4.49. The highest BCUT2D eigenvalue weighted by molar-refractivity contribution is 14.0. The second-order valence-electron chi connectivity index (χ2n) is 9.04. The first-order valence-electron chi connectivity index (χ1n) is 11.0. The Labute approximate surface area is 203 Å². The standard InChI is InChI=1S/C23H36N6O.HI/c1-17-27-28-21(29(17)5)16-25-22(26-19-12-7-6-8-13-19)24-15-18-11-9-10-14-20(18)30-23(2,3)4;/h9-11,14,19H,6-8,12-13,15-16H2,1-5H3,(H2,24,25,26);1H. The van der Waals surface area contributed by atoms with Crippen molar-refractivity contribution in [2.75, 3.05) is 0 Å². The van der Waals surface area contributed by atoms with E-state index in [9.17, 15) is 0 Å². The Morgan fingerprint density at radius 2 is 1.87 bits per heavy atom. The fourth-order valence-corrected chi connectivity index (χ4v) is 3.59. The van der Waals surface area contributed by atoms with Crippen molar-refractivity contribution in [3.8, 4) is 5.75 Å². The van der Waals surface area contributed by atoms with Gasteiger partial charge in [0.05, 0.1) is 13.1 Å². The van der Waals surface area contributed by atoms with E-state index in [4.69, 9.17) is 9.73 Å². The molecule has 8 heteroatoms. The van der Waals surface area contributed by atoms with E-state index in [1.807, 2.05) is 36.7 Å². The number of nitrogens with one attached hydrogen (secondary N) is 2. The van der Waals surface area contributed by atoms with Crippen molar-refractivity contribution in [1.82, 2.24) is 25.4 Å². The number of hydrogen-bond donors (Lipinski definition) is 2. The zero-order chi connectivity index (χ0) is 21.6. The Bertz CT molecular complexity index is 852. The molecule has 1 saturated carbocycles. The van der Waals surface area contributed by atoms with Crippen molar-refractivity contribution < 1.29 is 4.74 Å². The molecule has 1 aliphatic carbocycles. The predicted molar refractivity (Wildman–Crippen MR) is 136 cm³/mol. The molecule has 7 nitrogen and oxygen atoms in total. The van der Waals surface area contributed by atoms with Crippen molar-refractivity contribution in [2.24, 2.45) is 12.0 Å². The van der Waals surface area contributed by atoms with Gasteiger partial charge in [0, 0.05) is 18.7 Å². The van der Waals surface area contributed by atoms with Crippen LogP contribution in [0.15, 0.2) is 29.3 Å². The van der Waals surface area contributed by atoms with Gasteiger partial charge in [-0.3, -0.25) is 0 Å². The quantitative estimate of drug-likeness (QED) is 0.321. The van der Waals surface area contributed by atoms with Crippen LogP contribution < -0.4 is 15.4 Å². The number of aliphatic imine (C=N–C) groups is 1. The number of hydrogen-bond acceptors (Lipinski definition) is 4. The van der Waals surface area contributed by atoms with Crippen molar-refractivity contribution in [2.45, 2.75) is 84.5 Å². The van der Waals surface area contributed by atoms with E-state index in [1.54, 1.807) is 0 Å². The molecule has 0 spiro atoms. The Morgan fingerprint density at radius 3 is 2.52 bits per heavy atom. The molecule has 0 saturated heterocycles. The first-order chi connectivity index (χ1) is 14.3. The van der Waals surface area contributed by atoms with Crippen LogP contribution in [0.25, 0.3) is 0 Å². The van der Waals surface area contributed by atoms with E-state index < -0.39 is 0 Å². The van der Waals surface area contributed by atoms with E-state index in [-0.39, 0.29) is 29.6 Å². The molecule has 2 N–H and O–H groups in total. The molecule has 0 unspecified atom stereocenters. The lowest BCUT2D eigenvalue weighted by molar-refractivity contribution is 0.129. The van der Waals surface area contributed by atoms with Gasteiger partial charge in [-0.05, 0) is 46.6 Å². The molecular formula is C23H37IN6O. The lowest BCUT2D eigenvalue weighted by Crippen LogP contribution is -2.44. The summed E-state index contributed by atoms with van der Waals surface area (Å²) in [6.45, 7) is 9.27. The van der Waals surface area contributed by atoms with E-state index in [2.05, 4.69) is 47.7 Å². The Hall–Kier alpha value is -1.84. The molecule has 3 rings (SSSR count). The number of ether oxygens (including phenoxy) is 1. The molecule has 1 aromatic heterocycles. The van der Waals surface area contributed by atoms with Crippen LogP contribution >= 0.6 is 24.0 Å². The summed E-state index contributed by atoms with van der Waals surface area (Å²) in [5.41, 5.74) is 0.830. The van der Waals surface area contributed by atoms with Gasteiger partial charge in [0.1, 0.15) is 17.2 Å². The highest BCUT2D eigenvalue weighted by Crippen LogP contribution is 2.24. The first kappa shape index (κ1) is 25.4. The maximum atomic E-state index is 6.13. The van der Waals surface area contributed by atoms with Gasteiger partial charge >= 0.3 is 0 Å². The number of benzene rings is 1. The number of guanidine groups is 1. The average Bonchev–Trinajstić information content (AvgIpc) is 3.03. The monoisotopic (exact) mass is 540 g/mol. The second-order valence-corrected chi connectivity index (χ2v) is 9.04. The molecule has 172 valence electrons. The summed E-state index contributed by atoms with van der Waals surface area (Å²) < 4.78 is 8.13. The zero-order valence-corrected chi connectivity index (χ0v) is 21.8. The second kappa shape index (κ2) is 11.7. The molecule has 1 heterocycles. The Balaban J connectivity index is 0.00000341. The van der Waals surface area contributed by atoms with Crippen LogP contribution in [0, 0.1) is 6.92 Å². The van der Waals surface area contributed by atoms with Crippen LogP contribution in [0.3, 0.4) is 0 Å². The van der Waals surface area contributed by atoms with Gasteiger partial charge in [-0.25, -0.2) is 4.99 Å². The topological polar surface area (TPSA) is 76.4 Å². The van der Waals surface area contributed by atoms with Crippen LogP contribution in [0.5, 0.6) is 5.75 Å². The summed E-state index contributed by atoms with van der Waals surface area (Å²) in [6.07, 6.45) is 6.25. The molecule has 31 heavy (non-hydrogen) atoms. The van der Waals surface area contributed by atoms with Crippen LogP contribution in [-0.2, 0) is 20.1 Å². The van der Waals surface area contributed by atoms with Crippen molar-refractivity contribution >= 4 is 29.9 Å². The molecular weight excluding hydrogens is 503 g/mol. The van der Waals surface area contributed by atoms with Crippen LogP contribution in [0.4, 0.5) is 0 Å². The lowest BCUT2D eigenvalue weighted by atomic mass is 9.96. The molecule has 1 aromatic carbocycles. The number of halogens is 1. The fourth-order valence-electron chi connectivity index (χ4n) is 3.59. The summed E-state index contributed by atoms with van der Waals surface area (Å²) in [6, 6.07) is 8.59. The third-order valence-corrected chi connectivity index (χ3v) is 5.34. The molecule has 0 radical (unpaired) electrons. The SMILES string of the molecule is Cc1nnc(CNC(=NCc2ccccc2OC(C)(C)C)NC2CCCCC2)n1C.I. The highest BCUT2D eigenvalue weighted by atomic mass is 127. The number of aryl methyl sites for hydroxylation is 1. The minimum Gasteiger partial charge on any atom is -0.488 e. The molecule has 0 aliphatic heterocycles. The average molecular weight is 540 g/mol. The van der Waals surface area contributed by atoms with Crippen molar-refractivity contribution in [3.63, 3.8) is 0 Å². The Kier molecular flexibility index (Phi) is 9.58. The first-order valence-corrected chi connectivity index (χ1v) is 11.0. The van der Waals surface area contributed by atoms with E-state index in [0.717, 1.165) is 28.9 Å². The number of aromatic nitrogens is 3. The van der Waals surface area contributed by atoms with Crippen LogP contribution in [-0.4, -0.2) is 32.4 Å². The molecule has 2 aromatic rings. The molecule has 0 bridgehead atoms. The van der Waals surface area contributed by atoms with Gasteiger partial charge in [0.15, 0.2) is 11.8 Å². The largest absolute Gasteiger partial charge is 0.488 e. The highest BCUT2D eigenvalue weighted by Gasteiger charge is 2.17. The van der Waals surface area contributed by atoms with Gasteiger partial charge < -0.3 is 19.9 Å². The normalized spacial score (nSPS) is 15.3. The smallest absolute Gasteiger partial charge is 0.192 e. The zero-order valence-electron chi connectivity index (χ0n) is 19.4. The molecule has 0 amide bonds. The summed E-state index contributed by atoms with van der Waals surface area (Å²) in [7, 11) is 1.98. The molecule has 1 aliphatic rings. The van der Waals surface area contributed by atoms with Gasteiger partial charge in [0.25, 0.3) is 0 Å². The maximum Gasteiger partial charge on any atom is 0.192 e. The fraction of sp³-hybridized carbons (Fsp3) is 0.609. The third kappa shape index (κ3) is 7.97. The van der Waals surface area contributed by atoms with Crippen LogP contribution in [0.1, 0.15) is 70.1 Å². The molecule has 1 fully saturated rings. The third-order valence-electron chi connectivity index (χ3n) is 5.34. The Morgan fingerprint density at radius 1 is 1.16 bits per heavy atom. The van der Waals surface area contributed by atoms with Gasteiger partial charge in [-0.15, -0.1) is 34.2 Å². The number of para-hydroxylation sites is 1. The van der Waals surface area contributed by atoms with Gasteiger partial charge in [-0.1, -0.05) is 37.5 Å². The van der Waals surface area contributed by atoms with E-state index in [1.165, 1.54) is 32.1 Å². The summed E-state index contributed by atoms with van der Waals surface area (Å²) in [5.74, 6) is 3.49. The summed E-state index contributed by atoms with van der Waals surface area (Å²) in [5, 5.41) is 15.5. The number of rotatable bonds is 6. The van der Waals surface area contributed by atoms with Gasteiger partial charge in [-0.2, -0.15) is 0 Å².